The van der Waals surface area contributed by atoms with Gasteiger partial charge in [0.25, 0.3) is 17.2 Å². The third-order valence-corrected chi connectivity index (χ3v) is 7.47. The number of ether oxygens (including phenoxy) is 1. The van der Waals surface area contributed by atoms with Crippen molar-refractivity contribution in [2.24, 2.45) is 0 Å². The van der Waals surface area contributed by atoms with Crippen molar-refractivity contribution in [3.05, 3.63) is 68.8 Å². The van der Waals surface area contributed by atoms with E-state index in [0.717, 1.165) is 4.90 Å². The number of alkyl halides is 6. The van der Waals surface area contributed by atoms with Gasteiger partial charge in [-0.1, -0.05) is 26.7 Å². The lowest BCUT2D eigenvalue weighted by Gasteiger charge is -2.33. The second-order valence-corrected chi connectivity index (χ2v) is 10.7. The van der Waals surface area contributed by atoms with Crippen LogP contribution in [0, 0.1) is 10.1 Å². The minimum absolute atomic E-state index is 0.0105. The van der Waals surface area contributed by atoms with Crippen LogP contribution in [0.15, 0.2) is 36.4 Å². The summed E-state index contributed by atoms with van der Waals surface area (Å²) in [7, 11) is 0. The molecule has 0 aromatic heterocycles. The molecule has 1 heterocycles. The number of imide groups is 1. The van der Waals surface area contributed by atoms with Crippen molar-refractivity contribution < 1.29 is 50.7 Å². The number of nitrogens with one attached hydrogen (secondary N) is 1. The molecular weight excluding hydrogens is 600 g/mol. The van der Waals surface area contributed by atoms with Crippen LogP contribution < -0.4 is 10.1 Å². The van der Waals surface area contributed by atoms with E-state index in [1.165, 1.54) is 31.2 Å². The van der Waals surface area contributed by atoms with Crippen molar-refractivity contribution in [3.8, 4) is 5.75 Å². The Labute approximate surface area is 249 Å². The smallest absolute Gasteiger partial charge is 0.430 e. The molecule has 0 aliphatic carbocycles. The summed E-state index contributed by atoms with van der Waals surface area (Å²) in [6.07, 6.45) is -10.6. The van der Waals surface area contributed by atoms with E-state index >= 15 is 0 Å². The van der Waals surface area contributed by atoms with Crippen LogP contribution in [0.5, 0.6) is 5.75 Å². The number of urea groups is 1. The van der Waals surface area contributed by atoms with Gasteiger partial charge in [0.15, 0.2) is 0 Å². The number of unbranched alkanes of at least 4 members (excludes halogenated alkanes) is 1. The molecule has 9 nitrogen and oxygen atoms in total. The van der Waals surface area contributed by atoms with E-state index in [1.807, 2.05) is 0 Å². The van der Waals surface area contributed by atoms with Crippen molar-refractivity contribution in [1.82, 2.24) is 10.2 Å². The Morgan fingerprint density at radius 3 is 1.93 bits per heavy atom. The third-order valence-electron chi connectivity index (χ3n) is 7.47. The lowest BCUT2D eigenvalue weighted by atomic mass is 9.87. The number of amides is 3. The number of carbonyl (C=O) groups is 2. The molecule has 0 radical (unpaired) electrons. The van der Waals surface area contributed by atoms with Gasteiger partial charge in [-0.2, -0.15) is 26.3 Å². The Balaban J connectivity index is 1.74. The van der Waals surface area contributed by atoms with Crippen molar-refractivity contribution in [2.75, 3.05) is 13.2 Å². The summed E-state index contributed by atoms with van der Waals surface area (Å²) in [5.41, 5.74) is -7.47. The largest absolute Gasteiger partial charge is 0.493 e. The molecular formula is C29H33F6N3O6. The number of hydrogen-bond donors (Lipinski definition) is 2. The number of nitro benzene ring substituents is 1. The fraction of sp³-hybridized carbons (Fsp3) is 0.517. The van der Waals surface area contributed by atoms with Crippen LogP contribution in [0.3, 0.4) is 0 Å². The molecule has 15 heteroatoms. The molecule has 2 aromatic carbocycles. The van der Waals surface area contributed by atoms with Gasteiger partial charge >= 0.3 is 18.4 Å². The fourth-order valence-corrected chi connectivity index (χ4v) is 5.11. The Morgan fingerprint density at radius 2 is 1.48 bits per heavy atom. The van der Waals surface area contributed by atoms with Crippen LogP contribution in [0.1, 0.15) is 68.7 Å². The lowest BCUT2D eigenvalue weighted by Crippen LogP contribution is -2.54. The van der Waals surface area contributed by atoms with E-state index in [2.05, 4.69) is 5.32 Å². The zero-order valence-corrected chi connectivity index (χ0v) is 24.3. The number of rotatable bonds is 13. The number of aryl methyl sites for hydroxylation is 2. The number of carbonyl (C=O) groups excluding carboxylic acids is 2. The predicted octanol–water partition coefficient (Wildman–Crippen LogP) is 6.44. The van der Waals surface area contributed by atoms with E-state index in [4.69, 9.17) is 4.74 Å². The summed E-state index contributed by atoms with van der Waals surface area (Å²) >= 11 is 0. The number of aliphatic hydroxyl groups is 1. The van der Waals surface area contributed by atoms with E-state index in [1.54, 1.807) is 13.8 Å². The number of halogens is 6. The molecule has 1 aliphatic rings. The summed E-state index contributed by atoms with van der Waals surface area (Å²) in [5.74, 6) is -0.421. The Hall–Kier alpha value is -3.88. The van der Waals surface area contributed by atoms with E-state index in [-0.39, 0.29) is 61.4 Å². The number of nitro groups is 1. The normalized spacial score (nSPS) is 17.6. The highest BCUT2D eigenvalue weighted by Gasteiger charge is 2.71. The molecule has 1 aliphatic heterocycles. The summed E-state index contributed by atoms with van der Waals surface area (Å²) in [4.78, 5) is 37.1. The van der Waals surface area contributed by atoms with Gasteiger partial charge in [-0.05, 0) is 73.6 Å². The van der Waals surface area contributed by atoms with Gasteiger partial charge in [0.2, 0.25) is 0 Å². The van der Waals surface area contributed by atoms with Gasteiger partial charge in [0.05, 0.1) is 11.5 Å². The van der Waals surface area contributed by atoms with Crippen LogP contribution in [0.25, 0.3) is 0 Å². The first-order valence-corrected chi connectivity index (χ1v) is 14.0. The number of hydrogen-bond acceptors (Lipinski definition) is 6. The third kappa shape index (κ3) is 6.61. The average molecular weight is 634 g/mol. The zero-order valence-electron chi connectivity index (χ0n) is 24.3. The van der Waals surface area contributed by atoms with E-state index < -0.39 is 45.9 Å². The van der Waals surface area contributed by atoms with Crippen LogP contribution in [0.4, 0.5) is 36.8 Å². The average Bonchev–Trinajstić information content (AvgIpc) is 3.16. The molecule has 0 spiro atoms. The molecule has 1 fully saturated rings. The number of nitrogens with zero attached hydrogens (tertiary/aromatic N) is 2. The van der Waals surface area contributed by atoms with Gasteiger partial charge in [-0.15, -0.1) is 0 Å². The summed E-state index contributed by atoms with van der Waals surface area (Å²) < 4.78 is 87.5. The molecule has 1 saturated heterocycles. The van der Waals surface area contributed by atoms with E-state index in [0.29, 0.717) is 30.5 Å². The highest BCUT2D eigenvalue weighted by atomic mass is 19.4. The van der Waals surface area contributed by atoms with Crippen LogP contribution in [-0.2, 0) is 28.8 Å². The van der Waals surface area contributed by atoms with Crippen LogP contribution in [0.2, 0.25) is 0 Å². The second-order valence-electron chi connectivity index (χ2n) is 10.7. The Bertz CT molecular complexity index is 1340. The predicted molar refractivity (Wildman–Crippen MR) is 146 cm³/mol. The highest BCUT2D eigenvalue weighted by Crippen LogP contribution is 2.51. The summed E-state index contributed by atoms with van der Waals surface area (Å²) in [5, 5.41) is 23.5. The van der Waals surface area contributed by atoms with Gasteiger partial charge in [0, 0.05) is 24.2 Å². The van der Waals surface area contributed by atoms with Gasteiger partial charge in [0.1, 0.15) is 11.3 Å². The van der Waals surface area contributed by atoms with Crippen molar-refractivity contribution in [1.29, 1.82) is 0 Å². The monoisotopic (exact) mass is 633 g/mol. The molecule has 1 unspecified atom stereocenters. The first kappa shape index (κ1) is 34.6. The number of benzene rings is 2. The lowest BCUT2D eigenvalue weighted by molar-refractivity contribution is -0.384. The van der Waals surface area contributed by atoms with Crippen molar-refractivity contribution >= 4 is 17.6 Å². The quantitative estimate of drug-likeness (QED) is 0.0861. The standard InChI is InChI=1S/C29H33F6N3O6/c1-4-8-18-16-21(27(41,28(30,31)32)29(33,34)35)17-19(9-5-2)23(18)44-15-7-6-14-37-24(39)26(3,36-25(37)40)20-10-12-22(13-11-20)38(42)43/h10-13,16-17,41H,4-9,14-15H2,1-3H3,(H,36,40). The molecule has 2 aromatic rings. The summed E-state index contributed by atoms with van der Waals surface area (Å²) in [6, 6.07) is 5.91. The molecule has 2 N–H and O–H groups in total. The molecule has 44 heavy (non-hydrogen) atoms. The highest BCUT2D eigenvalue weighted by molar-refractivity contribution is 6.07. The second kappa shape index (κ2) is 13.0. The Morgan fingerprint density at radius 1 is 0.955 bits per heavy atom. The molecule has 0 bridgehead atoms. The molecule has 1 atom stereocenters. The summed E-state index contributed by atoms with van der Waals surface area (Å²) in [6.45, 7) is 4.84. The SMILES string of the molecule is CCCc1cc(C(O)(C(F)(F)F)C(F)(F)F)cc(CCC)c1OCCCCN1C(=O)NC(C)(c2ccc([N+](=O)[O-])cc2)C1=O. The fourth-order valence-electron chi connectivity index (χ4n) is 5.11. The van der Waals surface area contributed by atoms with Gasteiger partial charge in [-0.25, -0.2) is 4.79 Å². The van der Waals surface area contributed by atoms with Gasteiger partial charge < -0.3 is 15.2 Å². The van der Waals surface area contributed by atoms with Crippen molar-refractivity contribution in [2.45, 2.75) is 82.8 Å². The molecule has 0 saturated carbocycles. The minimum atomic E-state index is -6.02. The van der Waals surface area contributed by atoms with Crippen LogP contribution >= 0.6 is 0 Å². The van der Waals surface area contributed by atoms with Crippen molar-refractivity contribution in [3.63, 3.8) is 0 Å². The topological polar surface area (TPSA) is 122 Å². The Kier molecular flexibility index (Phi) is 10.2. The maximum atomic E-state index is 13.6. The maximum absolute atomic E-state index is 13.6. The van der Waals surface area contributed by atoms with E-state index in [9.17, 15) is 51.2 Å². The first-order valence-electron chi connectivity index (χ1n) is 14.0. The first-order chi connectivity index (χ1) is 20.4. The molecule has 242 valence electrons. The maximum Gasteiger partial charge on any atom is 0.430 e. The minimum Gasteiger partial charge on any atom is -0.493 e. The molecule has 3 amide bonds. The zero-order chi connectivity index (χ0) is 33.1. The molecule has 3 rings (SSSR count). The number of non-ortho nitro benzene ring substituents is 1. The van der Waals surface area contributed by atoms with Crippen LogP contribution in [-0.4, -0.2) is 52.4 Å². The van der Waals surface area contributed by atoms with Gasteiger partial charge in [-0.3, -0.25) is 19.8 Å².